The Labute approximate surface area is 111 Å². The second-order valence-corrected chi connectivity index (χ2v) is 4.72. The van der Waals surface area contributed by atoms with Crippen LogP contribution in [0.2, 0.25) is 0 Å². The molecule has 2 atom stereocenters. The average Bonchev–Trinajstić information content (AvgIpc) is 2.98. The Morgan fingerprint density at radius 2 is 2.11 bits per heavy atom. The lowest BCUT2D eigenvalue weighted by molar-refractivity contribution is 0.0773. The van der Waals surface area contributed by atoms with Crippen molar-refractivity contribution in [3.8, 4) is 0 Å². The van der Waals surface area contributed by atoms with Gasteiger partial charge in [0.2, 0.25) is 0 Å². The number of hydrogen-bond acceptors (Lipinski definition) is 5. The van der Waals surface area contributed by atoms with E-state index in [0.29, 0.717) is 12.4 Å². The maximum Gasteiger partial charge on any atom is 0.260 e. The van der Waals surface area contributed by atoms with Crippen LogP contribution in [0.25, 0.3) is 0 Å². The lowest BCUT2D eigenvalue weighted by atomic mass is 10.0. The summed E-state index contributed by atoms with van der Waals surface area (Å²) in [6, 6.07) is 9.29. The normalized spacial score (nSPS) is 21.2. The number of aliphatic hydroxyl groups excluding tert-OH is 1. The highest BCUT2D eigenvalue weighted by molar-refractivity contribution is 5.21. The van der Waals surface area contributed by atoms with E-state index in [9.17, 15) is 5.11 Å². The van der Waals surface area contributed by atoms with Crippen LogP contribution in [0, 0.1) is 0 Å². The number of aliphatic hydroxyl groups is 1. The number of benzene rings is 1. The molecular weight excluding hydrogens is 244 g/mol. The van der Waals surface area contributed by atoms with Crippen molar-refractivity contribution < 1.29 is 14.4 Å². The molecule has 0 spiro atoms. The van der Waals surface area contributed by atoms with E-state index in [4.69, 9.17) is 9.26 Å². The number of aromatic nitrogens is 2. The van der Waals surface area contributed by atoms with Crippen molar-refractivity contribution in [3.05, 3.63) is 47.6 Å². The summed E-state index contributed by atoms with van der Waals surface area (Å²) in [6.07, 6.45) is 1.14. The SMILES string of the molecule is OC(c1ccccc1)c1nc(C2CCCOC2)no1. The van der Waals surface area contributed by atoms with Gasteiger partial charge in [-0.1, -0.05) is 35.5 Å². The van der Waals surface area contributed by atoms with Gasteiger partial charge >= 0.3 is 0 Å². The highest BCUT2D eigenvalue weighted by atomic mass is 16.5. The summed E-state index contributed by atoms with van der Waals surface area (Å²) >= 11 is 0. The Bertz CT molecular complexity index is 520. The highest BCUT2D eigenvalue weighted by Gasteiger charge is 2.24. The third-order valence-corrected chi connectivity index (χ3v) is 3.33. The molecule has 2 aromatic rings. The molecule has 2 unspecified atom stereocenters. The smallest absolute Gasteiger partial charge is 0.260 e. The number of hydrogen-bond donors (Lipinski definition) is 1. The minimum atomic E-state index is -0.869. The van der Waals surface area contributed by atoms with Crippen molar-refractivity contribution in [2.75, 3.05) is 13.2 Å². The van der Waals surface area contributed by atoms with Gasteiger partial charge in [0.15, 0.2) is 11.9 Å². The second-order valence-electron chi connectivity index (χ2n) is 4.72. The van der Waals surface area contributed by atoms with Gasteiger partial charge in [0.25, 0.3) is 5.89 Å². The Kier molecular flexibility index (Phi) is 3.57. The van der Waals surface area contributed by atoms with E-state index in [0.717, 1.165) is 25.0 Å². The molecule has 1 N–H and O–H groups in total. The van der Waals surface area contributed by atoms with E-state index in [1.807, 2.05) is 30.3 Å². The monoisotopic (exact) mass is 260 g/mol. The molecule has 0 amide bonds. The van der Waals surface area contributed by atoms with Gasteiger partial charge in [-0.25, -0.2) is 0 Å². The molecule has 1 saturated heterocycles. The minimum Gasteiger partial charge on any atom is -0.381 e. The van der Waals surface area contributed by atoms with Crippen molar-refractivity contribution in [1.29, 1.82) is 0 Å². The lowest BCUT2D eigenvalue weighted by Gasteiger charge is -2.18. The molecule has 100 valence electrons. The van der Waals surface area contributed by atoms with E-state index >= 15 is 0 Å². The number of nitrogens with zero attached hydrogens (tertiary/aromatic N) is 2. The summed E-state index contributed by atoms with van der Waals surface area (Å²) in [5.74, 6) is 1.05. The third kappa shape index (κ3) is 2.67. The molecule has 2 heterocycles. The van der Waals surface area contributed by atoms with E-state index < -0.39 is 6.10 Å². The van der Waals surface area contributed by atoms with Gasteiger partial charge < -0.3 is 14.4 Å². The van der Waals surface area contributed by atoms with Crippen molar-refractivity contribution in [2.24, 2.45) is 0 Å². The molecule has 0 aliphatic carbocycles. The first kappa shape index (κ1) is 12.3. The van der Waals surface area contributed by atoms with Crippen LogP contribution >= 0.6 is 0 Å². The fourth-order valence-electron chi connectivity index (χ4n) is 2.25. The van der Waals surface area contributed by atoms with Gasteiger partial charge in [-0.2, -0.15) is 4.98 Å². The first-order valence-corrected chi connectivity index (χ1v) is 6.49. The molecule has 0 radical (unpaired) electrons. The molecule has 5 heteroatoms. The quantitative estimate of drug-likeness (QED) is 0.914. The topological polar surface area (TPSA) is 68.4 Å². The molecular formula is C14H16N2O3. The molecule has 0 bridgehead atoms. The highest BCUT2D eigenvalue weighted by Crippen LogP contribution is 2.26. The van der Waals surface area contributed by atoms with Crippen molar-refractivity contribution in [3.63, 3.8) is 0 Å². The predicted molar refractivity (Wildman–Crippen MR) is 67.6 cm³/mol. The van der Waals surface area contributed by atoms with Gasteiger partial charge in [-0.05, 0) is 18.4 Å². The van der Waals surface area contributed by atoms with Gasteiger partial charge in [-0.15, -0.1) is 0 Å². The minimum absolute atomic E-state index is 0.175. The third-order valence-electron chi connectivity index (χ3n) is 3.33. The first-order valence-electron chi connectivity index (χ1n) is 6.49. The molecule has 1 aromatic heterocycles. The summed E-state index contributed by atoms with van der Waals surface area (Å²) in [6.45, 7) is 1.42. The van der Waals surface area contributed by atoms with Crippen molar-refractivity contribution in [2.45, 2.75) is 24.9 Å². The number of ether oxygens (including phenoxy) is 1. The molecule has 1 aliphatic heterocycles. The Morgan fingerprint density at radius 3 is 2.84 bits per heavy atom. The molecule has 5 nitrogen and oxygen atoms in total. The largest absolute Gasteiger partial charge is 0.381 e. The fourth-order valence-corrected chi connectivity index (χ4v) is 2.25. The van der Waals surface area contributed by atoms with Gasteiger partial charge in [-0.3, -0.25) is 0 Å². The lowest BCUT2D eigenvalue weighted by Crippen LogP contribution is -2.16. The predicted octanol–water partition coefficient (Wildman–Crippen LogP) is 2.05. The zero-order valence-corrected chi connectivity index (χ0v) is 10.5. The van der Waals surface area contributed by atoms with Gasteiger partial charge in [0.05, 0.1) is 6.61 Å². The van der Waals surface area contributed by atoms with Crippen LogP contribution in [-0.4, -0.2) is 28.5 Å². The second kappa shape index (κ2) is 5.50. The zero-order valence-electron chi connectivity index (χ0n) is 10.5. The Balaban J connectivity index is 1.77. The van der Waals surface area contributed by atoms with Crippen LogP contribution in [-0.2, 0) is 4.74 Å². The standard InChI is InChI=1S/C14H16N2O3/c17-12(10-5-2-1-3-6-10)14-15-13(16-19-14)11-7-4-8-18-9-11/h1-3,5-6,11-12,17H,4,7-9H2. The molecule has 19 heavy (non-hydrogen) atoms. The van der Waals surface area contributed by atoms with E-state index in [1.165, 1.54) is 0 Å². The van der Waals surface area contributed by atoms with Crippen molar-refractivity contribution >= 4 is 0 Å². The summed E-state index contributed by atoms with van der Waals surface area (Å²) in [5, 5.41) is 14.1. The Morgan fingerprint density at radius 1 is 1.26 bits per heavy atom. The van der Waals surface area contributed by atoms with Crippen LogP contribution < -0.4 is 0 Å². The molecule has 1 aromatic carbocycles. The van der Waals surface area contributed by atoms with Crippen LogP contribution in [0.4, 0.5) is 0 Å². The molecule has 3 rings (SSSR count). The summed E-state index contributed by atoms with van der Waals surface area (Å²) in [7, 11) is 0. The maximum atomic E-state index is 10.2. The van der Waals surface area contributed by atoms with E-state index in [-0.39, 0.29) is 11.8 Å². The summed E-state index contributed by atoms with van der Waals surface area (Å²) in [5.41, 5.74) is 0.748. The van der Waals surface area contributed by atoms with Crippen LogP contribution in [0.3, 0.4) is 0 Å². The fraction of sp³-hybridized carbons (Fsp3) is 0.429. The average molecular weight is 260 g/mol. The van der Waals surface area contributed by atoms with Gasteiger partial charge in [0, 0.05) is 12.5 Å². The molecule has 0 saturated carbocycles. The first-order chi connectivity index (χ1) is 9.34. The summed E-state index contributed by atoms with van der Waals surface area (Å²) < 4.78 is 10.6. The van der Waals surface area contributed by atoms with Crippen LogP contribution in [0.5, 0.6) is 0 Å². The van der Waals surface area contributed by atoms with E-state index in [2.05, 4.69) is 10.1 Å². The zero-order chi connectivity index (χ0) is 13.1. The maximum absolute atomic E-state index is 10.2. The van der Waals surface area contributed by atoms with Crippen LogP contribution in [0.1, 0.15) is 42.1 Å². The van der Waals surface area contributed by atoms with Crippen molar-refractivity contribution in [1.82, 2.24) is 10.1 Å². The van der Waals surface area contributed by atoms with Crippen LogP contribution in [0.15, 0.2) is 34.9 Å². The van der Waals surface area contributed by atoms with Gasteiger partial charge in [0.1, 0.15) is 0 Å². The van der Waals surface area contributed by atoms with E-state index in [1.54, 1.807) is 0 Å². The molecule has 1 fully saturated rings. The molecule has 1 aliphatic rings. The Hall–Kier alpha value is -1.72. The summed E-state index contributed by atoms with van der Waals surface area (Å²) in [4.78, 5) is 4.30. The number of rotatable bonds is 3.